The van der Waals surface area contributed by atoms with Gasteiger partial charge in [0.25, 0.3) is 0 Å². The van der Waals surface area contributed by atoms with E-state index in [4.69, 9.17) is 11.6 Å². The van der Waals surface area contributed by atoms with Gasteiger partial charge in [-0.25, -0.2) is 9.37 Å². The fourth-order valence-corrected chi connectivity index (χ4v) is 2.98. The number of hydrogen-bond acceptors (Lipinski definition) is 3. The number of hydrogen-bond donors (Lipinski definition) is 1. The molecule has 3 aromatic rings. The number of fused-ring (bicyclic) bond motifs is 1. The monoisotopic (exact) mass is 335 g/mol. The average molecular weight is 336 g/mol. The van der Waals surface area contributed by atoms with E-state index in [0.717, 1.165) is 10.5 Å². The van der Waals surface area contributed by atoms with Crippen LogP contribution in [0.25, 0.3) is 11.0 Å². The maximum atomic E-state index is 13.7. The lowest BCUT2D eigenvalue weighted by molar-refractivity contribution is -0.111. The second-order valence-electron chi connectivity index (χ2n) is 4.65. The van der Waals surface area contributed by atoms with Gasteiger partial charge in [-0.1, -0.05) is 17.7 Å². The molecule has 0 fully saturated rings. The van der Waals surface area contributed by atoms with Gasteiger partial charge in [-0.2, -0.15) is 0 Å². The smallest absolute Gasteiger partial charge is 0.248 e. The maximum Gasteiger partial charge on any atom is 0.248 e. The third kappa shape index (κ3) is 2.88. The zero-order chi connectivity index (χ0) is 15.7. The van der Waals surface area contributed by atoms with Crippen molar-refractivity contribution in [2.75, 3.05) is 5.32 Å². The van der Waals surface area contributed by atoms with Crippen LogP contribution in [-0.4, -0.2) is 15.3 Å². The van der Waals surface area contributed by atoms with Gasteiger partial charge in [-0.05, 0) is 30.7 Å². The molecule has 0 saturated carbocycles. The number of halogens is 2. The average Bonchev–Trinajstić information content (AvgIpc) is 3.00. The molecule has 2 heterocycles. The van der Waals surface area contributed by atoms with Gasteiger partial charge in [0.15, 0.2) is 10.1 Å². The summed E-state index contributed by atoms with van der Waals surface area (Å²) < 4.78 is 15.5. The normalized spacial score (nSPS) is 11.4. The highest BCUT2D eigenvalue weighted by Crippen LogP contribution is 2.22. The number of aryl methyl sites for hydroxylation is 1. The number of anilines is 1. The fraction of sp³-hybridized carbons (Fsp3) is 0.0667. The van der Waals surface area contributed by atoms with Crippen molar-refractivity contribution in [1.29, 1.82) is 0 Å². The first-order chi connectivity index (χ1) is 10.5. The van der Waals surface area contributed by atoms with Crippen LogP contribution in [0.5, 0.6) is 0 Å². The van der Waals surface area contributed by atoms with Gasteiger partial charge in [-0.3, -0.25) is 9.20 Å². The Morgan fingerprint density at radius 1 is 1.50 bits per heavy atom. The van der Waals surface area contributed by atoms with Crippen LogP contribution < -0.4 is 5.32 Å². The third-order valence-corrected chi connectivity index (χ3v) is 4.06. The van der Waals surface area contributed by atoms with Crippen LogP contribution in [0.2, 0.25) is 5.15 Å². The lowest BCUT2D eigenvalue weighted by atomic mass is 10.2. The van der Waals surface area contributed by atoms with Crippen LogP contribution in [0.15, 0.2) is 35.9 Å². The predicted octanol–water partition coefficient (Wildman–Crippen LogP) is 4.15. The Kier molecular flexibility index (Phi) is 3.96. The van der Waals surface area contributed by atoms with Crippen molar-refractivity contribution in [1.82, 2.24) is 9.38 Å². The van der Waals surface area contributed by atoms with Gasteiger partial charge in [0.1, 0.15) is 5.82 Å². The molecule has 0 unspecified atom stereocenters. The highest BCUT2D eigenvalue weighted by Gasteiger charge is 2.09. The minimum absolute atomic E-state index is 0.139. The van der Waals surface area contributed by atoms with E-state index < -0.39 is 11.7 Å². The molecule has 0 aliphatic carbocycles. The first-order valence-electron chi connectivity index (χ1n) is 6.41. The molecule has 7 heteroatoms. The van der Waals surface area contributed by atoms with E-state index in [1.807, 2.05) is 11.6 Å². The molecule has 1 aromatic carbocycles. The Labute approximate surface area is 134 Å². The highest BCUT2D eigenvalue weighted by atomic mass is 35.5. The first-order valence-corrected chi connectivity index (χ1v) is 7.66. The molecule has 1 N–H and O–H groups in total. The summed E-state index contributed by atoms with van der Waals surface area (Å²) in [5, 5.41) is 4.68. The zero-order valence-electron chi connectivity index (χ0n) is 11.5. The van der Waals surface area contributed by atoms with Crippen molar-refractivity contribution >= 4 is 45.6 Å². The summed E-state index contributed by atoms with van der Waals surface area (Å²) in [6.07, 6.45) is 4.67. The van der Waals surface area contributed by atoms with Crippen LogP contribution >= 0.6 is 22.9 Å². The molecule has 2 aromatic heterocycles. The molecule has 3 rings (SSSR count). The van der Waals surface area contributed by atoms with Gasteiger partial charge in [0.2, 0.25) is 5.91 Å². The minimum Gasteiger partial charge on any atom is -0.320 e. The van der Waals surface area contributed by atoms with Crippen LogP contribution in [0.4, 0.5) is 10.1 Å². The van der Waals surface area contributed by atoms with Gasteiger partial charge in [0.05, 0.1) is 11.4 Å². The molecule has 22 heavy (non-hydrogen) atoms. The number of rotatable bonds is 3. The number of aromatic nitrogens is 2. The lowest BCUT2D eigenvalue weighted by Crippen LogP contribution is -2.09. The molecular formula is C15H11ClFN3OS. The van der Waals surface area contributed by atoms with Crippen LogP contribution in [0.3, 0.4) is 0 Å². The predicted molar refractivity (Wildman–Crippen MR) is 86.9 cm³/mol. The Morgan fingerprint density at radius 3 is 3.09 bits per heavy atom. The van der Waals surface area contributed by atoms with Crippen LogP contribution in [0.1, 0.15) is 11.3 Å². The van der Waals surface area contributed by atoms with Crippen molar-refractivity contribution in [2.45, 2.75) is 6.92 Å². The molecule has 1 amide bonds. The number of thiazole rings is 1. The molecule has 0 aliphatic rings. The number of imidazole rings is 1. The summed E-state index contributed by atoms with van der Waals surface area (Å²) in [6, 6.07) is 4.62. The van der Waals surface area contributed by atoms with Crippen LogP contribution in [0, 0.1) is 12.7 Å². The Bertz CT molecular complexity index is 884. The van der Waals surface area contributed by atoms with Gasteiger partial charge >= 0.3 is 0 Å². The van der Waals surface area contributed by atoms with E-state index in [0.29, 0.717) is 10.8 Å². The number of nitrogens with zero attached hydrogens (tertiary/aromatic N) is 2. The number of nitrogens with one attached hydrogen (secondary N) is 1. The second-order valence-corrected chi connectivity index (χ2v) is 5.88. The van der Waals surface area contributed by atoms with E-state index in [9.17, 15) is 9.18 Å². The lowest BCUT2D eigenvalue weighted by Gasteiger charge is -2.04. The summed E-state index contributed by atoms with van der Waals surface area (Å²) in [7, 11) is 0. The highest BCUT2D eigenvalue weighted by molar-refractivity contribution is 7.15. The Hall–Kier alpha value is -2.18. The maximum absolute atomic E-state index is 13.7. The molecule has 4 nitrogen and oxygen atoms in total. The summed E-state index contributed by atoms with van der Waals surface area (Å²) in [5.74, 6) is -0.909. The Balaban J connectivity index is 1.79. The van der Waals surface area contributed by atoms with Crippen molar-refractivity contribution in [2.24, 2.45) is 0 Å². The minimum atomic E-state index is -0.468. The van der Waals surface area contributed by atoms with Crippen LogP contribution in [-0.2, 0) is 4.79 Å². The SMILES string of the molecule is Cc1ccc(NC(=O)/C=C/c2c(Cl)nc3sccn23)c(F)c1. The summed E-state index contributed by atoms with van der Waals surface area (Å²) >= 11 is 7.47. The van der Waals surface area contributed by atoms with Gasteiger partial charge in [-0.15, -0.1) is 11.3 Å². The van der Waals surface area contributed by atoms with E-state index in [1.165, 1.54) is 29.5 Å². The number of carbonyl (C=O) groups excluding carboxylic acids is 1. The quantitative estimate of drug-likeness (QED) is 0.731. The molecule has 0 radical (unpaired) electrons. The molecule has 112 valence electrons. The molecule has 0 atom stereocenters. The zero-order valence-corrected chi connectivity index (χ0v) is 13.1. The van der Waals surface area contributed by atoms with Crippen molar-refractivity contribution < 1.29 is 9.18 Å². The Morgan fingerprint density at radius 2 is 2.32 bits per heavy atom. The van der Waals surface area contributed by atoms with E-state index in [2.05, 4.69) is 10.3 Å². The summed E-state index contributed by atoms with van der Waals surface area (Å²) in [6.45, 7) is 1.78. The number of benzene rings is 1. The fourth-order valence-electron chi connectivity index (χ4n) is 1.98. The number of amides is 1. The van der Waals surface area contributed by atoms with E-state index >= 15 is 0 Å². The number of carbonyl (C=O) groups is 1. The molecular weight excluding hydrogens is 325 g/mol. The van der Waals surface area contributed by atoms with E-state index in [-0.39, 0.29) is 5.69 Å². The first kappa shape index (κ1) is 14.7. The van der Waals surface area contributed by atoms with Crippen molar-refractivity contribution in [3.8, 4) is 0 Å². The largest absolute Gasteiger partial charge is 0.320 e. The summed E-state index contributed by atoms with van der Waals surface area (Å²) in [4.78, 5) is 16.8. The van der Waals surface area contributed by atoms with Gasteiger partial charge < -0.3 is 5.32 Å². The van der Waals surface area contributed by atoms with Crippen molar-refractivity contribution in [3.05, 3.63) is 58.1 Å². The van der Waals surface area contributed by atoms with E-state index in [1.54, 1.807) is 23.5 Å². The molecule has 0 aliphatic heterocycles. The van der Waals surface area contributed by atoms with Gasteiger partial charge in [0, 0.05) is 17.7 Å². The third-order valence-electron chi connectivity index (χ3n) is 3.03. The standard InChI is InChI=1S/C15H11ClFN3OS/c1-9-2-3-11(10(17)8-9)18-13(21)5-4-12-14(16)19-15-20(12)6-7-22-15/h2-8H,1H3,(H,18,21)/b5-4+. The molecule has 0 spiro atoms. The topological polar surface area (TPSA) is 46.4 Å². The molecule has 0 bridgehead atoms. The summed E-state index contributed by atoms with van der Waals surface area (Å²) in [5.41, 5.74) is 1.54. The van der Waals surface area contributed by atoms with Crippen molar-refractivity contribution in [3.63, 3.8) is 0 Å². The second kappa shape index (κ2) is 5.90. The molecule has 0 saturated heterocycles.